The number of rotatable bonds is 4. The Kier molecular flexibility index (Phi) is 3.82. The molecule has 0 bridgehead atoms. The van der Waals surface area contributed by atoms with Gasteiger partial charge >= 0.3 is 0 Å². The van der Waals surface area contributed by atoms with Crippen molar-refractivity contribution in [1.82, 2.24) is 4.98 Å². The lowest BCUT2D eigenvalue weighted by molar-refractivity contribution is 0.478. The highest BCUT2D eigenvalue weighted by atomic mass is 16.5. The molecule has 1 aromatic carbocycles. The van der Waals surface area contributed by atoms with Gasteiger partial charge in [-0.1, -0.05) is 12.1 Å². The van der Waals surface area contributed by atoms with Crippen LogP contribution in [0.3, 0.4) is 0 Å². The van der Waals surface area contributed by atoms with Crippen molar-refractivity contribution in [2.75, 3.05) is 11.9 Å². The molecule has 0 saturated carbocycles. The lowest BCUT2D eigenvalue weighted by Gasteiger charge is -2.11. The third-order valence-corrected chi connectivity index (χ3v) is 2.87. The Labute approximate surface area is 108 Å². The third kappa shape index (κ3) is 2.80. The number of aromatic nitrogens is 1. The summed E-state index contributed by atoms with van der Waals surface area (Å²) in [4.78, 5) is 4.22. The zero-order valence-electron chi connectivity index (χ0n) is 11.0. The number of hydrogen-bond donors (Lipinski definition) is 1. The average Bonchev–Trinajstić information content (AvgIpc) is 2.36. The van der Waals surface area contributed by atoms with Crippen LogP contribution in [0.25, 0.3) is 0 Å². The van der Waals surface area contributed by atoms with Crippen LogP contribution in [0.5, 0.6) is 11.5 Å². The Morgan fingerprint density at radius 3 is 2.83 bits per heavy atom. The van der Waals surface area contributed by atoms with Crippen LogP contribution in [0.1, 0.15) is 18.1 Å². The molecule has 0 fully saturated rings. The fourth-order valence-corrected chi connectivity index (χ4v) is 1.71. The minimum absolute atomic E-state index is 0.801. The number of anilines is 1. The van der Waals surface area contributed by atoms with Crippen molar-refractivity contribution < 1.29 is 4.74 Å². The van der Waals surface area contributed by atoms with Crippen molar-refractivity contribution in [2.45, 2.75) is 20.8 Å². The quantitative estimate of drug-likeness (QED) is 0.882. The normalized spacial score (nSPS) is 10.2. The first-order valence-corrected chi connectivity index (χ1v) is 6.14. The van der Waals surface area contributed by atoms with Gasteiger partial charge in [-0.2, -0.15) is 0 Å². The molecule has 0 aliphatic rings. The zero-order chi connectivity index (χ0) is 13.0. The van der Waals surface area contributed by atoms with Crippen molar-refractivity contribution in [2.24, 2.45) is 0 Å². The Morgan fingerprint density at radius 1 is 1.22 bits per heavy atom. The minimum atomic E-state index is 0.801. The summed E-state index contributed by atoms with van der Waals surface area (Å²) in [5.41, 5.74) is 2.40. The highest BCUT2D eigenvalue weighted by Crippen LogP contribution is 2.27. The summed E-state index contributed by atoms with van der Waals surface area (Å²) in [7, 11) is 0. The van der Waals surface area contributed by atoms with Crippen LogP contribution in [0.4, 0.5) is 5.82 Å². The summed E-state index contributed by atoms with van der Waals surface area (Å²) in [5.74, 6) is 2.53. The second-order valence-electron chi connectivity index (χ2n) is 4.21. The molecule has 3 nitrogen and oxygen atoms in total. The Balaban J connectivity index is 2.23. The van der Waals surface area contributed by atoms with Gasteiger partial charge in [0, 0.05) is 18.8 Å². The molecule has 1 heterocycles. The van der Waals surface area contributed by atoms with E-state index in [9.17, 15) is 0 Å². The second-order valence-corrected chi connectivity index (χ2v) is 4.21. The Bertz CT molecular complexity index is 538. The molecule has 0 atom stereocenters. The maximum Gasteiger partial charge on any atom is 0.132 e. The summed E-state index contributed by atoms with van der Waals surface area (Å²) in [5, 5.41) is 3.17. The van der Waals surface area contributed by atoms with Gasteiger partial charge in [0.15, 0.2) is 0 Å². The van der Waals surface area contributed by atoms with E-state index in [-0.39, 0.29) is 0 Å². The van der Waals surface area contributed by atoms with Gasteiger partial charge < -0.3 is 10.1 Å². The lowest BCUT2D eigenvalue weighted by Crippen LogP contribution is -1.99. The molecule has 3 heteroatoms. The molecule has 2 aromatic rings. The molecule has 2 rings (SSSR count). The number of nitrogens with one attached hydrogen (secondary N) is 1. The van der Waals surface area contributed by atoms with E-state index in [0.29, 0.717) is 0 Å². The fraction of sp³-hybridized carbons (Fsp3) is 0.267. The number of benzene rings is 1. The maximum atomic E-state index is 5.90. The molecule has 0 unspecified atom stereocenters. The number of nitrogens with zero attached hydrogens (tertiary/aromatic N) is 1. The van der Waals surface area contributed by atoms with Crippen molar-refractivity contribution in [3.63, 3.8) is 0 Å². The first kappa shape index (κ1) is 12.4. The van der Waals surface area contributed by atoms with E-state index >= 15 is 0 Å². The summed E-state index contributed by atoms with van der Waals surface area (Å²) in [6.07, 6.45) is 1.75. The maximum absolute atomic E-state index is 5.90. The monoisotopic (exact) mass is 242 g/mol. The molecule has 0 amide bonds. The fourth-order valence-electron chi connectivity index (χ4n) is 1.71. The third-order valence-electron chi connectivity index (χ3n) is 2.87. The smallest absolute Gasteiger partial charge is 0.132 e. The Hall–Kier alpha value is -2.03. The van der Waals surface area contributed by atoms with Crippen molar-refractivity contribution >= 4 is 5.82 Å². The molecule has 0 saturated heterocycles. The van der Waals surface area contributed by atoms with Crippen LogP contribution >= 0.6 is 0 Å². The van der Waals surface area contributed by atoms with Gasteiger partial charge in [0.05, 0.1) is 0 Å². The van der Waals surface area contributed by atoms with Crippen LogP contribution in [-0.2, 0) is 0 Å². The van der Waals surface area contributed by atoms with Crippen LogP contribution in [0.2, 0.25) is 0 Å². The number of aryl methyl sites for hydroxylation is 1. The summed E-state index contributed by atoms with van der Waals surface area (Å²) >= 11 is 0. The molecule has 0 radical (unpaired) electrons. The first-order chi connectivity index (χ1) is 8.70. The average molecular weight is 242 g/mol. The first-order valence-electron chi connectivity index (χ1n) is 6.14. The molecule has 1 N–H and O–H groups in total. The summed E-state index contributed by atoms with van der Waals surface area (Å²) in [6.45, 7) is 7.04. The summed E-state index contributed by atoms with van der Waals surface area (Å²) < 4.78 is 5.90. The molecule has 0 aliphatic carbocycles. The molecule has 94 valence electrons. The van der Waals surface area contributed by atoms with Crippen LogP contribution in [0.15, 0.2) is 36.5 Å². The predicted octanol–water partition coefficient (Wildman–Crippen LogP) is 3.92. The molecule has 0 spiro atoms. The van der Waals surface area contributed by atoms with Gasteiger partial charge in [0.25, 0.3) is 0 Å². The Morgan fingerprint density at radius 2 is 2.06 bits per heavy atom. The van der Waals surface area contributed by atoms with Gasteiger partial charge in [-0.3, -0.25) is 0 Å². The standard InChI is InChI=1S/C15H18N2O/c1-4-16-15-10-13(8-9-17-15)18-14-7-5-6-11(2)12(14)3/h5-10H,4H2,1-3H3,(H,16,17). The minimum Gasteiger partial charge on any atom is -0.457 e. The molecule has 18 heavy (non-hydrogen) atoms. The van der Waals surface area contributed by atoms with Crippen molar-refractivity contribution in [3.8, 4) is 11.5 Å². The van der Waals surface area contributed by atoms with Gasteiger partial charge in [-0.15, -0.1) is 0 Å². The van der Waals surface area contributed by atoms with Gasteiger partial charge in [-0.25, -0.2) is 4.98 Å². The number of pyridine rings is 1. The van der Waals surface area contributed by atoms with Crippen molar-refractivity contribution in [1.29, 1.82) is 0 Å². The topological polar surface area (TPSA) is 34.1 Å². The summed E-state index contributed by atoms with van der Waals surface area (Å²) in [6, 6.07) is 9.84. The highest BCUT2D eigenvalue weighted by molar-refractivity contribution is 5.45. The molecular formula is C15H18N2O. The van der Waals surface area contributed by atoms with Gasteiger partial charge in [0.2, 0.25) is 0 Å². The van der Waals surface area contributed by atoms with Gasteiger partial charge in [0.1, 0.15) is 17.3 Å². The van der Waals surface area contributed by atoms with Gasteiger partial charge in [-0.05, 0) is 44.0 Å². The zero-order valence-corrected chi connectivity index (χ0v) is 11.0. The largest absolute Gasteiger partial charge is 0.457 e. The van der Waals surface area contributed by atoms with E-state index in [0.717, 1.165) is 23.9 Å². The second kappa shape index (κ2) is 5.54. The van der Waals surface area contributed by atoms with Crippen molar-refractivity contribution in [3.05, 3.63) is 47.7 Å². The molecule has 1 aromatic heterocycles. The van der Waals surface area contributed by atoms with Crippen LogP contribution in [-0.4, -0.2) is 11.5 Å². The van der Waals surface area contributed by atoms with E-state index in [1.807, 2.05) is 31.2 Å². The highest BCUT2D eigenvalue weighted by Gasteiger charge is 2.04. The molecular weight excluding hydrogens is 224 g/mol. The van der Waals surface area contributed by atoms with Crippen LogP contribution in [0, 0.1) is 13.8 Å². The van der Waals surface area contributed by atoms with E-state index in [1.54, 1.807) is 6.20 Å². The lowest BCUT2D eigenvalue weighted by atomic mass is 10.1. The SMILES string of the molecule is CCNc1cc(Oc2cccc(C)c2C)ccn1. The van der Waals surface area contributed by atoms with E-state index < -0.39 is 0 Å². The van der Waals surface area contributed by atoms with Crippen LogP contribution < -0.4 is 10.1 Å². The predicted molar refractivity (Wildman–Crippen MR) is 74.4 cm³/mol. The number of ether oxygens (including phenoxy) is 1. The van der Waals surface area contributed by atoms with E-state index in [2.05, 4.69) is 30.2 Å². The number of hydrogen-bond acceptors (Lipinski definition) is 3. The molecule has 0 aliphatic heterocycles. The van der Waals surface area contributed by atoms with E-state index in [4.69, 9.17) is 4.74 Å². The van der Waals surface area contributed by atoms with E-state index in [1.165, 1.54) is 11.1 Å².